The van der Waals surface area contributed by atoms with Gasteiger partial charge in [0.15, 0.2) is 0 Å². The third kappa shape index (κ3) is 8.44. The molecule has 6 N–H and O–H groups in total. The summed E-state index contributed by atoms with van der Waals surface area (Å²) in [4.78, 5) is 42.4. The van der Waals surface area contributed by atoms with Crippen LogP contribution in [0.4, 0.5) is 55.7 Å². The van der Waals surface area contributed by atoms with Crippen molar-refractivity contribution < 1.29 is 4.39 Å². The number of fused-ring (bicyclic) bond motifs is 4. The Labute approximate surface area is 411 Å². The molecule has 72 heavy (non-hydrogen) atoms. The zero-order valence-electron chi connectivity index (χ0n) is 38.7. The highest BCUT2D eigenvalue weighted by molar-refractivity contribution is 5.96. The zero-order chi connectivity index (χ0) is 48.1. The molecule has 5 aromatic carbocycles. The van der Waals surface area contributed by atoms with Crippen molar-refractivity contribution in [2.45, 2.75) is 13.3 Å². The van der Waals surface area contributed by atoms with Gasteiger partial charge in [-0.25, -0.2) is 19.3 Å². The predicted octanol–water partition coefficient (Wildman–Crippen LogP) is 13.4. The highest BCUT2D eigenvalue weighted by Gasteiger charge is 2.17. The monoisotopic (exact) mass is 942 g/mol. The summed E-state index contributed by atoms with van der Waals surface area (Å²) >= 11 is 0. The highest BCUT2D eigenvalue weighted by Crippen LogP contribution is 2.34. The molecule has 1 saturated heterocycles. The quantitative estimate of drug-likeness (QED) is 0.0685. The Kier molecular flexibility index (Phi) is 10.4. The van der Waals surface area contributed by atoms with Crippen molar-refractivity contribution in [3.05, 3.63) is 182 Å². The maximum atomic E-state index is 14.0. The Morgan fingerprint density at radius 3 is 1.96 bits per heavy atom. The first-order chi connectivity index (χ1) is 35.3. The van der Waals surface area contributed by atoms with E-state index >= 15 is 0 Å². The van der Waals surface area contributed by atoms with Crippen molar-refractivity contribution in [2.24, 2.45) is 0 Å². The number of aryl methyl sites for hydroxylation is 1. The second-order valence-corrected chi connectivity index (χ2v) is 17.9. The van der Waals surface area contributed by atoms with Gasteiger partial charge in [0, 0.05) is 105 Å². The van der Waals surface area contributed by atoms with Crippen LogP contribution in [0.3, 0.4) is 0 Å². The van der Waals surface area contributed by atoms with E-state index in [2.05, 4.69) is 64.3 Å². The normalized spacial score (nSPS) is 12.4. The summed E-state index contributed by atoms with van der Waals surface area (Å²) in [5.41, 5.74) is 16.6. The predicted molar refractivity (Wildman–Crippen MR) is 286 cm³/mol. The van der Waals surface area contributed by atoms with Gasteiger partial charge < -0.3 is 36.1 Å². The van der Waals surface area contributed by atoms with Gasteiger partial charge in [0.05, 0.1) is 50.2 Å². The van der Waals surface area contributed by atoms with Crippen LogP contribution in [0.2, 0.25) is 0 Å². The molecule has 0 aliphatic carbocycles. The van der Waals surface area contributed by atoms with Gasteiger partial charge in [0.1, 0.15) is 23.3 Å². The van der Waals surface area contributed by atoms with Gasteiger partial charge in [0.25, 0.3) is 0 Å². The van der Waals surface area contributed by atoms with Crippen LogP contribution >= 0.6 is 0 Å². The lowest BCUT2D eigenvalue weighted by Crippen LogP contribution is -2.36. The van der Waals surface area contributed by atoms with Crippen LogP contribution in [0.15, 0.2) is 170 Å². The summed E-state index contributed by atoms with van der Waals surface area (Å²) in [6.07, 6.45) is 8.38. The number of halogens is 1. The number of hydrogen-bond acceptors (Lipinski definition) is 12. The fraction of sp³-hybridized carbons (Fsp3) is 0.0702. The van der Waals surface area contributed by atoms with Crippen LogP contribution < -0.4 is 26.2 Å². The Morgan fingerprint density at radius 2 is 1.14 bits per heavy atom. The van der Waals surface area contributed by atoms with Crippen molar-refractivity contribution in [1.82, 2.24) is 44.9 Å². The fourth-order valence-corrected chi connectivity index (χ4v) is 9.15. The summed E-state index contributed by atoms with van der Waals surface area (Å²) in [7, 11) is 0. The van der Waals surface area contributed by atoms with Crippen molar-refractivity contribution in [1.29, 1.82) is 0 Å². The second kappa shape index (κ2) is 17.6. The van der Waals surface area contributed by atoms with Crippen LogP contribution in [0.25, 0.3) is 78.0 Å². The van der Waals surface area contributed by atoms with E-state index < -0.39 is 0 Å². The van der Waals surface area contributed by atoms with Crippen LogP contribution in [-0.4, -0.2) is 57.9 Å². The summed E-state index contributed by atoms with van der Waals surface area (Å²) < 4.78 is 14.0. The van der Waals surface area contributed by atoms with Crippen molar-refractivity contribution in [3.8, 4) is 34.2 Å². The minimum Gasteiger partial charge on any atom is -0.371 e. The second-order valence-electron chi connectivity index (χ2n) is 17.9. The van der Waals surface area contributed by atoms with Crippen LogP contribution in [0, 0.1) is 12.7 Å². The van der Waals surface area contributed by atoms with Gasteiger partial charge in [-0.3, -0.25) is 19.9 Å². The van der Waals surface area contributed by atoms with Crippen molar-refractivity contribution in [2.75, 3.05) is 39.3 Å². The number of anilines is 9. The standard InChI is InChI=1S/C57H43FN14/c1-33-25-41(65-39-10-14-50-53(29-39)71-57(69-50)35-5-16-55(62-32-35)67-48-19-22-60-46-15-11-42(31-44(46)48)72-23-2-24-72)30-54(63-33)51-27-40(17-20-61-51)64-38-9-13-49-52(28-38)70-56(68-49)34-3-7-37(8-4-34)66-47-18-21-59-45-12-6-36(58)26-43(45)47/h3-22,25-32H,2,23-24H2,1H3,(H,59,66)(H,61,64)(H,63,65)(H,68,70)(H,69,71)(H,60,62,67). The molecular formula is C57H43FN14. The first-order valence-electron chi connectivity index (χ1n) is 23.6. The summed E-state index contributed by atoms with van der Waals surface area (Å²) in [6.45, 7) is 4.15. The molecule has 348 valence electrons. The van der Waals surface area contributed by atoms with E-state index in [-0.39, 0.29) is 5.82 Å². The van der Waals surface area contributed by atoms with E-state index in [1.165, 1.54) is 24.2 Å². The number of rotatable bonds is 12. The van der Waals surface area contributed by atoms with Crippen LogP contribution in [-0.2, 0) is 0 Å². The third-order valence-corrected chi connectivity index (χ3v) is 12.9. The van der Waals surface area contributed by atoms with Gasteiger partial charge in [-0.2, -0.15) is 0 Å². The molecule has 8 heterocycles. The molecular weight excluding hydrogens is 900 g/mol. The molecule has 1 fully saturated rings. The van der Waals surface area contributed by atoms with Crippen molar-refractivity contribution >= 4 is 95.2 Å². The molecule has 1 aliphatic heterocycles. The molecule has 0 unspecified atom stereocenters. The molecule has 7 aromatic heterocycles. The van der Waals surface area contributed by atoms with Gasteiger partial charge in [-0.1, -0.05) is 0 Å². The van der Waals surface area contributed by atoms with Crippen LogP contribution in [0.5, 0.6) is 0 Å². The Hall–Kier alpha value is -9.76. The number of imidazole rings is 2. The molecule has 14 nitrogen and oxygen atoms in total. The Balaban J connectivity index is 0.675. The molecule has 0 spiro atoms. The summed E-state index contributed by atoms with van der Waals surface area (Å²) in [5.74, 6) is 1.92. The molecule has 0 amide bonds. The van der Waals surface area contributed by atoms with Crippen molar-refractivity contribution in [3.63, 3.8) is 0 Å². The number of hydrogen-bond donors (Lipinski definition) is 6. The first-order valence-corrected chi connectivity index (χ1v) is 23.6. The maximum absolute atomic E-state index is 14.0. The Morgan fingerprint density at radius 1 is 0.472 bits per heavy atom. The SMILES string of the molecule is Cc1cc(Nc2ccc3[nH]c(-c4ccc(Nc5ccnc6ccc(N7CCC7)cc56)nc4)nc3c2)cc(-c2cc(Nc3ccc4nc(-c5ccc(Nc6ccnc7ccc(F)cc67)cc5)[nH]c4c3)ccn2)n1. The molecule has 12 aromatic rings. The molecule has 15 heteroatoms. The average Bonchev–Trinajstić information content (AvgIpc) is 4.01. The van der Waals surface area contributed by atoms with Gasteiger partial charge in [0.2, 0.25) is 0 Å². The number of benzene rings is 5. The molecule has 1 aliphatic rings. The molecule has 0 radical (unpaired) electrons. The van der Waals surface area contributed by atoms with E-state index in [1.807, 2.05) is 129 Å². The number of aromatic nitrogens is 9. The number of nitrogens with one attached hydrogen (secondary N) is 6. The van der Waals surface area contributed by atoms with E-state index in [0.717, 1.165) is 137 Å². The molecule has 0 saturated carbocycles. The summed E-state index contributed by atoms with van der Waals surface area (Å²) in [6, 6.07) is 46.9. The zero-order valence-corrected chi connectivity index (χ0v) is 38.7. The molecule has 13 rings (SSSR count). The minimum absolute atomic E-state index is 0.306. The lowest BCUT2D eigenvalue weighted by Gasteiger charge is -2.33. The van der Waals surface area contributed by atoms with Crippen LogP contribution in [0.1, 0.15) is 12.1 Å². The number of nitrogens with zero attached hydrogens (tertiary/aromatic N) is 8. The van der Waals surface area contributed by atoms with E-state index in [4.69, 9.17) is 24.9 Å². The first kappa shape index (κ1) is 42.4. The number of pyridine rings is 5. The molecule has 0 atom stereocenters. The lowest BCUT2D eigenvalue weighted by atomic mass is 10.1. The number of H-pyrrole nitrogens is 2. The lowest BCUT2D eigenvalue weighted by molar-refractivity contribution is 0.618. The average molecular weight is 943 g/mol. The van der Waals surface area contributed by atoms with E-state index in [1.54, 1.807) is 18.5 Å². The van der Waals surface area contributed by atoms with Gasteiger partial charge in [-0.15, -0.1) is 0 Å². The minimum atomic E-state index is -0.306. The third-order valence-electron chi connectivity index (χ3n) is 12.9. The maximum Gasteiger partial charge on any atom is 0.140 e. The fourth-order valence-electron chi connectivity index (χ4n) is 9.15. The van der Waals surface area contributed by atoms with E-state index in [0.29, 0.717) is 5.39 Å². The van der Waals surface area contributed by atoms with Gasteiger partial charge in [-0.05, 0) is 159 Å². The largest absolute Gasteiger partial charge is 0.371 e. The Bertz CT molecular complexity index is 4020. The molecule has 0 bridgehead atoms. The number of aromatic amines is 2. The van der Waals surface area contributed by atoms with Gasteiger partial charge >= 0.3 is 0 Å². The topological polar surface area (TPSA) is 173 Å². The summed E-state index contributed by atoms with van der Waals surface area (Å²) in [5, 5.41) is 15.8. The highest BCUT2D eigenvalue weighted by atomic mass is 19.1. The van der Waals surface area contributed by atoms with E-state index in [9.17, 15) is 4.39 Å². The smallest absolute Gasteiger partial charge is 0.140 e.